The van der Waals surface area contributed by atoms with Gasteiger partial charge in [0, 0.05) is 18.2 Å². The first-order chi connectivity index (χ1) is 17.8. The molecule has 2 aliphatic rings. The molecular weight excluding hydrogens is 490 g/mol. The Bertz CT molecular complexity index is 1280. The summed E-state index contributed by atoms with van der Waals surface area (Å²) in [6.45, 7) is -0.901. The van der Waals surface area contributed by atoms with E-state index >= 15 is 0 Å². The summed E-state index contributed by atoms with van der Waals surface area (Å²) in [6, 6.07) is 11.2. The van der Waals surface area contributed by atoms with Gasteiger partial charge >= 0.3 is 0 Å². The number of hydrogen-bond donors (Lipinski definition) is 1. The highest BCUT2D eigenvalue weighted by molar-refractivity contribution is 5.88. The van der Waals surface area contributed by atoms with Crippen LogP contribution in [0.1, 0.15) is 60.2 Å². The van der Waals surface area contributed by atoms with Gasteiger partial charge in [0.2, 0.25) is 17.8 Å². The summed E-state index contributed by atoms with van der Waals surface area (Å²) in [5.41, 5.74) is 0.994. The minimum atomic E-state index is -2.84. The van der Waals surface area contributed by atoms with Crippen LogP contribution in [0.4, 0.5) is 17.6 Å². The van der Waals surface area contributed by atoms with E-state index in [0.717, 1.165) is 34.7 Å². The summed E-state index contributed by atoms with van der Waals surface area (Å²) < 4.78 is 56.4. The van der Waals surface area contributed by atoms with Gasteiger partial charge in [-0.2, -0.15) is 9.49 Å². The third kappa shape index (κ3) is 5.35. The minimum absolute atomic E-state index is 0.159. The number of benzene rings is 1. The molecule has 1 aliphatic carbocycles. The van der Waals surface area contributed by atoms with E-state index in [1.807, 2.05) is 0 Å². The minimum Gasteiger partial charge on any atom is -0.342 e. The van der Waals surface area contributed by atoms with Crippen LogP contribution in [0.5, 0.6) is 0 Å². The van der Waals surface area contributed by atoms with Crippen molar-refractivity contribution in [3.05, 3.63) is 83.2 Å². The van der Waals surface area contributed by atoms with Crippen LogP contribution in [-0.2, 0) is 16.1 Å². The van der Waals surface area contributed by atoms with Gasteiger partial charge in [0.15, 0.2) is 0 Å². The van der Waals surface area contributed by atoms with Gasteiger partial charge in [0.1, 0.15) is 24.5 Å². The fourth-order valence-electron chi connectivity index (χ4n) is 4.72. The molecule has 11 heteroatoms. The smallest absolute Gasteiger partial charge is 0.280 e. The Morgan fingerprint density at radius 1 is 1.08 bits per heavy atom. The predicted octanol–water partition coefficient (Wildman–Crippen LogP) is 4.08. The monoisotopic (exact) mass is 515 g/mol. The normalized spacial score (nSPS) is 20.3. The number of nitrogens with one attached hydrogen (secondary N) is 1. The number of hydrogen-bond acceptors (Lipinski definition) is 4. The second kappa shape index (κ2) is 10.3. The highest BCUT2D eigenvalue weighted by atomic mass is 19.3. The van der Waals surface area contributed by atoms with Gasteiger partial charge in [-0.05, 0) is 36.5 Å². The quantitative estimate of drug-likeness (QED) is 0.362. The van der Waals surface area contributed by atoms with Gasteiger partial charge in [-0.3, -0.25) is 14.3 Å². The average molecular weight is 516 g/mol. The lowest BCUT2D eigenvalue weighted by Crippen LogP contribution is -2.48. The first-order valence-electron chi connectivity index (χ1n) is 12.1. The zero-order valence-corrected chi connectivity index (χ0v) is 19.7. The average Bonchev–Trinajstić information content (AvgIpc) is 3.48. The van der Waals surface area contributed by atoms with Crippen molar-refractivity contribution in [1.82, 2.24) is 25.0 Å². The number of amides is 2. The molecule has 37 heavy (non-hydrogen) atoms. The number of pyridine rings is 1. The number of nitrogens with zero attached hydrogens (tertiary/aromatic N) is 4. The maximum Gasteiger partial charge on any atom is 0.280 e. The lowest BCUT2D eigenvalue weighted by Gasteiger charge is -2.27. The van der Waals surface area contributed by atoms with Gasteiger partial charge in [-0.15, -0.1) is 0 Å². The molecule has 0 spiro atoms. The number of halogens is 4. The number of rotatable bonds is 8. The Labute approximate surface area is 210 Å². The predicted molar refractivity (Wildman–Crippen MR) is 125 cm³/mol. The second-order valence-electron chi connectivity index (χ2n) is 9.35. The Balaban J connectivity index is 1.37. The van der Waals surface area contributed by atoms with E-state index in [1.165, 1.54) is 0 Å². The summed E-state index contributed by atoms with van der Waals surface area (Å²) in [5, 5.41) is 6.55. The van der Waals surface area contributed by atoms with Crippen LogP contribution in [0.3, 0.4) is 0 Å². The first-order valence-corrected chi connectivity index (χ1v) is 12.1. The second-order valence-corrected chi connectivity index (χ2v) is 9.35. The van der Waals surface area contributed by atoms with Crippen LogP contribution in [0.15, 0.2) is 54.7 Å². The van der Waals surface area contributed by atoms with Crippen LogP contribution in [0, 0.1) is 5.95 Å². The molecule has 2 amide bonds. The number of carbonyl (C=O) groups is 2. The Morgan fingerprint density at radius 3 is 2.51 bits per heavy atom. The summed E-state index contributed by atoms with van der Waals surface area (Å²) in [4.78, 5) is 31.5. The van der Waals surface area contributed by atoms with Crippen molar-refractivity contribution in [2.75, 3.05) is 6.54 Å². The summed E-state index contributed by atoms with van der Waals surface area (Å²) >= 11 is 0. The molecule has 1 saturated carbocycles. The van der Waals surface area contributed by atoms with Crippen molar-refractivity contribution < 1.29 is 27.2 Å². The molecule has 0 bridgehead atoms. The van der Waals surface area contributed by atoms with E-state index in [4.69, 9.17) is 0 Å². The molecule has 0 unspecified atom stereocenters. The van der Waals surface area contributed by atoms with Crippen LogP contribution in [-0.4, -0.2) is 50.2 Å². The molecule has 3 atom stereocenters. The zero-order valence-electron chi connectivity index (χ0n) is 19.7. The molecule has 1 aromatic carbocycles. The van der Waals surface area contributed by atoms with Crippen molar-refractivity contribution in [2.24, 2.45) is 0 Å². The molecule has 1 N–H and O–H groups in total. The highest BCUT2D eigenvalue weighted by Gasteiger charge is 2.41. The summed E-state index contributed by atoms with van der Waals surface area (Å²) in [7, 11) is 0. The molecule has 2 fully saturated rings. The topological polar surface area (TPSA) is 80.1 Å². The largest absolute Gasteiger partial charge is 0.342 e. The third-order valence-electron chi connectivity index (χ3n) is 6.76. The van der Waals surface area contributed by atoms with E-state index in [-0.39, 0.29) is 24.6 Å². The molecule has 1 saturated heterocycles. The van der Waals surface area contributed by atoms with Crippen LogP contribution in [0.2, 0.25) is 0 Å². The fourth-order valence-corrected chi connectivity index (χ4v) is 4.72. The van der Waals surface area contributed by atoms with E-state index in [2.05, 4.69) is 15.4 Å². The SMILES string of the molecule is O=C(N[C@@H](c1ccccc1)c1ccc(C2CC2)c(F)n1)[C@@H]1C[C@@H](F)CN1C(=O)Cn1nccc1C(F)F. The molecule has 0 radical (unpaired) electrons. The van der Waals surface area contributed by atoms with E-state index in [1.54, 1.807) is 42.5 Å². The van der Waals surface area contributed by atoms with E-state index < -0.39 is 54.7 Å². The van der Waals surface area contributed by atoms with Gasteiger partial charge in [-0.25, -0.2) is 18.2 Å². The van der Waals surface area contributed by atoms with Gasteiger partial charge in [-0.1, -0.05) is 36.4 Å². The lowest BCUT2D eigenvalue weighted by atomic mass is 10.0. The number of carbonyl (C=O) groups excluding carboxylic acids is 2. The Morgan fingerprint density at radius 2 is 1.84 bits per heavy atom. The summed E-state index contributed by atoms with van der Waals surface area (Å²) in [6.07, 6.45) is -1.59. The van der Waals surface area contributed by atoms with Gasteiger partial charge < -0.3 is 10.2 Å². The molecule has 1 aliphatic heterocycles. The third-order valence-corrected chi connectivity index (χ3v) is 6.76. The molecule has 194 valence electrons. The van der Waals surface area contributed by atoms with Crippen molar-refractivity contribution in [3.63, 3.8) is 0 Å². The maximum absolute atomic E-state index is 14.8. The maximum atomic E-state index is 14.8. The van der Waals surface area contributed by atoms with Crippen molar-refractivity contribution >= 4 is 11.8 Å². The molecule has 2 aromatic heterocycles. The number of likely N-dealkylation sites (tertiary alicyclic amines) is 1. The molecule has 3 aromatic rings. The highest BCUT2D eigenvalue weighted by Crippen LogP contribution is 2.41. The van der Waals surface area contributed by atoms with E-state index in [9.17, 15) is 27.2 Å². The number of aromatic nitrogens is 3. The van der Waals surface area contributed by atoms with Crippen LogP contribution >= 0.6 is 0 Å². The standard InChI is InChI=1S/C26H25F4N5O2/c27-17-12-21(34(13-17)22(36)14-35-20(24(28)29)10-11-31-35)26(37)33-23(16-4-2-1-3-5-16)19-9-8-18(15-6-7-15)25(30)32-19/h1-5,8-11,15,17,21,23-24H,6-7,12-14H2,(H,33,37)/t17-,21+,23+/m1/s1. The fraction of sp³-hybridized carbons (Fsp3) is 0.385. The Kier molecular flexibility index (Phi) is 6.94. The Hall–Kier alpha value is -3.76. The zero-order chi connectivity index (χ0) is 26.1. The number of alkyl halides is 3. The summed E-state index contributed by atoms with van der Waals surface area (Å²) in [5.74, 6) is -1.79. The molecule has 7 nitrogen and oxygen atoms in total. The molecule has 3 heterocycles. The molecule has 5 rings (SSSR count). The lowest BCUT2D eigenvalue weighted by molar-refractivity contribution is -0.139. The van der Waals surface area contributed by atoms with Crippen molar-refractivity contribution in [1.29, 1.82) is 0 Å². The van der Waals surface area contributed by atoms with Gasteiger partial charge in [0.05, 0.1) is 18.3 Å². The van der Waals surface area contributed by atoms with E-state index in [0.29, 0.717) is 11.1 Å². The van der Waals surface area contributed by atoms with Crippen LogP contribution in [0.25, 0.3) is 0 Å². The van der Waals surface area contributed by atoms with Crippen LogP contribution < -0.4 is 5.32 Å². The first kappa shape index (κ1) is 24.9. The van der Waals surface area contributed by atoms with Gasteiger partial charge in [0.25, 0.3) is 6.43 Å². The molecular formula is C26H25F4N5O2. The van der Waals surface area contributed by atoms with Crippen molar-refractivity contribution in [3.8, 4) is 0 Å². The van der Waals surface area contributed by atoms with Crippen molar-refractivity contribution in [2.45, 2.75) is 56.4 Å².